The van der Waals surface area contributed by atoms with E-state index in [2.05, 4.69) is 311 Å². The van der Waals surface area contributed by atoms with Crippen LogP contribution in [0.25, 0.3) is 0 Å². The number of hydrogen-bond acceptors (Lipinski definition) is 12. The summed E-state index contributed by atoms with van der Waals surface area (Å²) in [6.45, 7) is 73.6. The lowest BCUT2D eigenvalue weighted by Gasteiger charge is -2.47. The number of aliphatic carboxylic acids is 1. The van der Waals surface area contributed by atoms with Gasteiger partial charge in [-0.05, 0) is 358 Å². The van der Waals surface area contributed by atoms with Crippen molar-refractivity contribution in [1.29, 1.82) is 0 Å². The molecule has 5 aromatic rings. The van der Waals surface area contributed by atoms with E-state index < -0.39 is 13.8 Å². The zero-order chi connectivity index (χ0) is 109. The predicted molar refractivity (Wildman–Crippen MR) is 621 cm³/mol. The average Bonchev–Trinajstić information content (AvgIpc) is 0.721. The third kappa shape index (κ3) is 31.2. The van der Waals surface area contributed by atoms with Crippen molar-refractivity contribution in [3.63, 3.8) is 0 Å². The highest BCUT2D eigenvalue weighted by Crippen LogP contribution is 2.63. The Balaban J connectivity index is 0.000000188. The van der Waals surface area contributed by atoms with Gasteiger partial charge in [-0.3, -0.25) is 13.8 Å². The number of phenols is 1. The van der Waals surface area contributed by atoms with Crippen molar-refractivity contribution in [1.82, 2.24) is 0 Å². The normalized spacial score (nSPS) is 22.7. The average molecular weight is 2060 g/mol. The predicted octanol–water partition coefficient (Wildman–Crippen LogP) is 39.2. The molecule has 15 rings (SSSR count). The second-order valence-corrected chi connectivity index (χ2v) is 53.7. The topological polar surface area (TPSA) is 166 Å². The summed E-state index contributed by atoms with van der Waals surface area (Å²) in [5, 5.41) is 20.5. The van der Waals surface area contributed by atoms with Crippen molar-refractivity contribution >= 4 is 20.1 Å². The quantitative estimate of drug-likeness (QED) is 0.0166. The number of carboxylic acids is 1. The molecule has 14 heteroatoms. The number of allylic oxidation sites excluding steroid dienone is 11. The van der Waals surface area contributed by atoms with Gasteiger partial charge in [-0.2, -0.15) is 0 Å². The summed E-state index contributed by atoms with van der Waals surface area (Å²) in [6, 6.07) is 29.2. The van der Waals surface area contributed by atoms with Gasteiger partial charge in [-0.25, -0.2) is 9.36 Å². The molecule has 13 nitrogen and oxygen atoms in total. The smallest absolute Gasteiger partial charge is 0.508 e. The molecule has 824 valence electrons. The fourth-order valence-corrected chi connectivity index (χ4v) is 27.0. The largest absolute Gasteiger partial charge is 0.530 e. The summed E-state index contributed by atoms with van der Waals surface area (Å²) >= 11 is 0. The maximum atomic E-state index is 13.5. The molecule has 5 aromatic carbocycles. The number of phosphoric ester groups is 1. The molecular formula is C134H205O13P. The number of aldehydes is 1. The maximum absolute atomic E-state index is 13.5. The molecule has 10 atom stereocenters. The Kier molecular flexibility index (Phi) is 43.4. The van der Waals surface area contributed by atoms with E-state index in [4.69, 9.17) is 37.3 Å². The van der Waals surface area contributed by atoms with Gasteiger partial charge in [-0.15, -0.1) is 0 Å². The van der Waals surface area contributed by atoms with E-state index in [0.717, 1.165) is 122 Å². The number of unbranched alkanes of at least 4 members (excludes halogenated alkanes) is 15. The Bertz CT molecular complexity index is 5430. The number of phenolic OH excluding ortho intramolecular Hbond substituents is 1. The van der Waals surface area contributed by atoms with Gasteiger partial charge in [0.15, 0.2) is 0 Å². The molecule has 0 bridgehead atoms. The summed E-state index contributed by atoms with van der Waals surface area (Å²) in [4.78, 5) is 22.9. The van der Waals surface area contributed by atoms with Gasteiger partial charge in [0.2, 0.25) is 0 Å². The maximum Gasteiger partial charge on any atom is 0.530 e. The van der Waals surface area contributed by atoms with Crippen LogP contribution in [0, 0.1) is 29.6 Å². The number of benzene rings is 5. The van der Waals surface area contributed by atoms with Gasteiger partial charge in [0.25, 0.3) is 0 Å². The Morgan fingerprint density at radius 2 is 0.662 bits per heavy atom. The van der Waals surface area contributed by atoms with E-state index in [0.29, 0.717) is 70.8 Å². The van der Waals surface area contributed by atoms with Crippen LogP contribution in [0.15, 0.2) is 149 Å². The number of phosphoric acid groups is 1. The van der Waals surface area contributed by atoms with Crippen LogP contribution in [0.1, 0.15) is 538 Å². The zero-order valence-electron chi connectivity index (χ0n) is 99.3. The Labute approximate surface area is 901 Å². The van der Waals surface area contributed by atoms with E-state index in [9.17, 15) is 24.4 Å². The van der Waals surface area contributed by atoms with Gasteiger partial charge < -0.3 is 38.4 Å². The SMILES string of the molecule is CC=C(C)C.CCCCCCC(C)(C)c1cc(O)c2c(c1)OC(C)(C)[C@@H]1CC=C(C)C[C@@H]21.CCCCCCC(C)(C)c1cc2c(c(OP(=O)(OCC)OCC)c1)[C@@H]1CC(C)=CC[C@H]1C(C)(C)O2.CCCCCCC(C)(C)c1ccc2c(c1)OC(C)(C)[C@@H]1CC=C(C(=O)O)C[C@@H]21.CCCCCCC(C)(C)c1ccc2c(c1)OC(C)(C)[C@@H]1CC=C(C)C[C@@H]21.CCCCCCC(C)(C)c1ccc2c(c1)OC(C)(C)[C@@H]1CC=C(C=O)C[C@@H]21. The van der Waals surface area contributed by atoms with E-state index in [1.54, 1.807) is 13.8 Å². The fourth-order valence-electron chi connectivity index (χ4n) is 25.8. The lowest BCUT2D eigenvalue weighted by molar-refractivity contribution is -0.133. The third-order valence-electron chi connectivity index (χ3n) is 35.9. The summed E-state index contributed by atoms with van der Waals surface area (Å²) < 4.78 is 63.6. The molecule has 0 saturated heterocycles. The van der Waals surface area contributed by atoms with Gasteiger partial charge in [0.1, 0.15) is 74.5 Å². The van der Waals surface area contributed by atoms with Crippen LogP contribution < -0.4 is 28.2 Å². The first-order valence-electron chi connectivity index (χ1n) is 58.7. The number of fused-ring (bicyclic) bond motifs is 15. The Morgan fingerprint density at radius 1 is 0.378 bits per heavy atom. The molecule has 0 fully saturated rings. The molecule has 0 unspecified atom stereocenters. The zero-order valence-corrected chi connectivity index (χ0v) is 100. The van der Waals surface area contributed by atoms with Gasteiger partial charge in [0, 0.05) is 58.1 Å². The first-order valence-corrected chi connectivity index (χ1v) is 60.2. The van der Waals surface area contributed by atoms with Crippen LogP contribution >= 0.6 is 7.82 Å². The first-order chi connectivity index (χ1) is 69.6. The third-order valence-corrected chi connectivity index (χ3v) is 37.4. The van der Waals surface area contributed by atoms with Crippen molar-refractivity contribution in [2.45, 2.75) is 538 Å². The van der Waals surface area contributed by atoms with Gasteiger partial charge in [0.05, 0.1) is 13.2 Å². The van der Waals surface area contributed by atoms with Crippen LogP contribution in [-0.4, -0.2) is 63.7 Å². The van der Waals surface area contributed by atoms with E-state index in [1.165, 1.54) is 215 Å². The van der Waals surface area contributed by atoms with Crippen molar-refractivity contribution in [2.24, 2.45) is 29.6 Å². The standard InChI is InChI=1S/C29H47O5P.C25H36O3.C25H38O2.C25H36O2.C25H38O.C5H10/c1-9-12-13-14-17-28(5,6)22-19-25-27(26(20-22)34-35(30,31-10-2)32-11-3)23-18-21(4)15-16-24(23)29(7,8)33-25;1-6-7-8-9-14-24(2,3)18-11-12-19-20-15-17(23(26)27)10-13-21(20)25(4,5)28-22(19)16-18;1-7-8-9-10-13-24(3,4)18-15-21(26)23-19-14-17(2)11-12-20(19)25(5,6)27-22(23)16-18;1-6-7-8-9-14-24(2,3)19-11-12-20-21-15-18(17-26)10-13-22(21)25(4,5)27-23(20)16-19;1-7-8-9-10-15-24(3,4)19-12-13-20-21-16-18(2)11-14-22(21)25(5,6)26-23(20)17-19;1-4-5(2)3/h15,19-20,23-24H,9-14,16-18H2,1-8H3;10-12,16,20-21H,6-9,13-15H2,1-5H3,(H,26,27);11,15-16,19-20,26H,7-10,12-14H2,1-6H3;10-12,16-17,21-22H,6-9,13-15H2,1-5H3;11-13,17,21-22H,7-10,14-16H2,1-6H3;4H,1-3H3/t23-,24-;20-,21+;19-,20-;2*21-,22+;/m10100./s1. The van der Waals surface area contributed by atoms with Gasteiger partial charge in [-0.1, -0.05) is 327 Å². The second kappa shape index (κ2) is 52.6. The van der Waals surface area contributed by atoms with Crippen LogP contribution in [0.3, 0.4) is 0 Å². The summed E-state index contributed by atoms with van der Waals surface area (Å²) in [5.74, 6) is 9.00. The molecule has 5 aliphatic heterocycles. The highest BCUT2D eigenvalue weighted by Gasteiger charge is 2.53. The summed E-state index contributed by atoms with van der Waals surface area (Å²) in [6.07, 6.45) is 55.1. The minimum atomic E-state index is -3.75. The molecule has 0 radical (unpaired) electrons. The highest BCUT2D eigenvalue weighted by atomic mass is 31.2. The van der Waals surface area contributed by atoms with Crippen LogP contribution in [-0.2, 0) is 50.3 Å². The number of aromatic hydroxyl groups is 1. The molecule has 0 amide bonds. The minimum absolute atomic E-state index is 0.0486. The molecule has 0 spiro atoms. The molecule has 0 aromatic heterocycles. The Morgan fingerprint density at radius 3 is 0.993 bits per heavy atom. The van der Waals surface area contributed by atoms with Gasteiger partial charge >= 0.3 is 13.8 Å². The summed E-state index contributed by atoms with van der Waals surface area (Å²) in [7, 11) is -3.75. The number of rotatable bonds is 38. The summed E-state index contributed by atoms with van der Waals surface area (Å²) in [5.41, 5.74) is 19.0. The number of hydrogen-bond donors (Lipinski definition) is 2. The van der Waals surface area contributed by atoms with Crippen molar-refractivity contribution < 1.29 is 61.6 Å². The van der Waals surface area contributed by atoms with Crippen molar-refractivity contribution in [3.8, 4) is 40.2 Å². The highest BCUT2D eigenvalue weighted by molar-refractivity contribution is 7.48. The lowest BCUT2D eigenvalue weighted by atomic mass is 9.66. The monoisotopic (exact) mass is 2050 g/mol. The molecule has 2 N–H and O–H groups in total. The van der Waals surface area contributed by atoms with E-state index in [1.807, 2.05) is 19.1 Å². The molecule has 5 heterocycles. The second-order valence-electron chi connectivity index (χ2n) is 52.1. The molecule has 5 aliphatic carbocycles. The number of carbonyl (C=O) groups is 2. The number of ether oxygens (including phenoxy) is 5. The van der Waals surface area contributed by atoms with Crippen LogP contribution in [0.5, 0.6) is 40.2 Å². The van der Waals surface area contributed by atoms with Crippen molar-refractivity contribution in [3.05, 3.63) is 204 Å². The molecular weight excluding hydrogens is 1850 g/mol. The minimum Gasteiger partial charge on any atom is -0.508 e. The lowest BCUT2D eigenvalue weighted by Crippen LogP contribution is -2.45. The Hall–Kier alpha value is -7.57. The van der Waals surface area contributed by atoms with E-state index >= 15 is 0 Å². The first kappa shape index (κ1) is 122. The molecule has 148 heavy (non-hydrogen) atoms. The fraction of sp³-hybridized carbons (Fsp3) is 0.672. The number of carboxylic acid groups (broad SMARTS) is 1. The van der Waals surface area contributed by atoms with E-state index in [-0.39, 0.29) is 80.1 Å². The molecule has 10 aliphatic rings. The molecule has 0 saturated carbocycles. The van der Waals surface area contributed by atoms with Crippen molar-refractivity contribution in [2.75, 3.05) is 13.2 Å². The van der Waals surface area contributed by atoms with Crippen LogP contribution in [0.4, 0.5) is 0 Å². The number of carbonyl (C=O) groups excluding carboxylic acids is 1. The van der Waals surface area contributed by atoms with Crippen LogP contribution in [0.2, 0.25) is 0 Å².